The highest BCUT2D eigenvalue weighted by atomic mass is 32.2. The summed E-state index contributed by atoms with van der Waals surface area (Å²) in [7, 11) is -3.90. The van der Waals surface area contributed by atoms with Crippen LogP contribution in [0.25, 0.3) is 44.3 Å². The summed E-state index contributed by atoms with van der Waals surface area (Å²) in [6.45, 7) is 0.651. The van der Waals surface area contributed by atoms with Gasteiger partial charge in [-0.1, -0.05) is 67.4 Å². The Morgan fingerprint density at radius 1 is 0.658 bits per heavy atom. The van der Waals surface area contributed by atoms with Gasteiger partial charge in [-0.05, 0) is 97.3 Å². The molecule has 0 saturated heterocycles. The van der Waals surface area contributed by atoms with E-state index in [0.717, 1.165) is 36.8 Å². The highest BCUT2D eigenvalue weighted by molar-refractivity contribution is 7.92. The average Bonchev–Trinajstić information content (AvgIpc) is 3.71. The normalized spacial score (nSPS) is 11.8. The van der Waals surface area contributed by atoms with Crippen LogP contribution in [-0.2, 0) is 10.0 Å². The first kappa shape index (κ1) is 48.8. The molecule has 368 valence electrons. The zero-order valence-corrected chi connectivity index (χ0v) is 39.2. The number of carboxylic acids is 1. The fraction of sp³-hybridized carbons (Fsp3) is 0.109. The van der Waals surface area contributed by atoms with Gasteiger partial charge in [0.15, 0.2) is 23.3 Å². The van der Waals surface area contributed by atoms with Gasteiger partial charge in [0, 0.05) is 75.0 Å². The number of benzene rings is 7. The Labute approximate surface area is 414 Å². The molecule has 0 bridgehead atoms. The van der Waals surface area contributed by atoms with E-state index in [-0.39, 0.29) is 73.5 Å². The number of sulfonamides is 1. The molecule has 1 aliphatic carbocycles. The lowest BCUT2D eigenvalue weighted by atomic mass is 9.89. The van der Waals surface area contributed by atoms with E-state index < -0.39 is 44.7 Å². The van der Waals surface area contributed by atoms with E-state index in [4.69, 9.17) is 9.41 Å². The van der Waals surface area contributed by atoms with Gasteiger partial charge in [0.2, 0.25) is 5.43 Å². The van der Waals surface area contributed by atoms with Crippen LogP contribution >= 0.6 is 0 Å². The van der Waals surface area contributed by atoms with Gasteiger partial charge in [0.25, 0.3) is 21.8 Å². The van der Waals surface area contributed by atoms with E-state index in [1.165, 1.54) is 24.3 Å². The highest BCUT2D eigenvalue weighted by Gasteiger charge is 2.26. The number of carboxylic acid groups (broad SMARTS) is 1. The summed E-state index contributed by atoms with van der Waals surface area (Å²) in [5.74, 6) is -5.54. The minimum absolute atomic E-state index is 0.00597. The largest absolute Gasteiger partial charge is 0.505 e. The maximum atomic E-state index is 14.6. The SMILES string of the molecule is O=C(NCCCCCCNC(=O)c1ccc(-c2c3cc(F)c(=O)cc-3oc3cc(O)c(F)cc23)c(C(=O)O)c1)c1ccc(N=C(c2ccccc2)c2c(O)[nH]c3ccc(NS(=O)(=O)c4ccccc4)cc23)cc1. The van der Waals surface area contributed by atoms with Gasteiger partial charge < -0.3 is 35.4 Å². The number of anilines is 1. The van der Waals surface area contributed by atoms with Crippen LogP contribution < -0.4 is 20.8 Å². The molecule has 0 spiro atoms. The number of amides is 2. The number of rotatable bonds is 17. The zero-order valence-electron chi connectivity index (χ0n) is 38.4. The number of phenols is 1. The maximum absolute atomic E-state index is 14.6. The van der Waals surface area contributed by atoms with E-state index in [2.05, 4.69) is 20.3 Å². The number of aromatic hydroxyl groups is 2. The second-order valence-electron chi connectivity index (χ2n) is 16.9. The van der Waals surface area contributed by atoms with Gasteiger partial charge in [0.1, 0.15) is 11.3 Å². The van der Waals surface area contributed by atoms with Crippen LogP contribution in [0.1, 0.15) is 67.9 Å². The highest BCUT2D eigenvalue weighted by Crippen LogP contribution is 2.43. The van der Waals surface area contributed by atoms with Crippen LogP contribution in [0.15, 0.2) is 165 Å². The minimum Gasteiger partial charge on any atom is -0.505 e. The first-order chi connectivity index (χ1) is 35.1. The molecule has 2 aliphatic rings. The van der Waals surface area contributed by atoms with Crippen molar-refractivity contribution in [1.82, 2.24) is 15.6 Å². The van der Waals surface area contributed by atoms with Crippen LogP contribution in [0, 0.1) is 11.6 Å². The molecule has 2 heterocycles. The van der Waals surface area contributed by atoms with Crippen molar-refractivity contribution < 1.29 is 51.3 Å². The Bertz CT molecular complexity index is 3770. The second-order valence-corrected chi connectivity index (χ2v) is 18.6. The van der Waals surface area contributed by atoms with Crippen molar-refractivity contribution in [3.8, 4) is 34.1 Å². The van der Waals surface area contributed by atoms with E-state index in [0.29, 0.717) is 64.8 Å². The summed E-state index contributed by atoms with van der Waals surface area (Å²) in [6.07, 6.45) is 2.66. The maximum Gasteiger partial charge on any atom is 0.336 e. The van der Waals surface area contributed by atoms with Gasteiger partial charge in [-0.3, -0.25) is 19.1 Å². The van der Waals surface area contributed by atoms with Crippen molar-refractivity contribution >= 4 is 66.8 Å². The number of nitrogens with one attached hydrogen (secondary N) is 4. The molecule has 0 fully saturated rings. The molecule has 15 nitrogen and oxygen atoms in total. The third-order valence-electron chi connectivity index (χ3n) is 12.0. The monoisotopic (exact) mass is 1000 g/mol. The topological polar surface area (TPSA) is 240 Å². The van der Waals surface area contributed by atoms with Crippen molar-refractivity contribution in [3.63, 3.8) is 0 Å². The van der Waals surface area contributed by atoms with E-state index in [1.54, 1.807) is 60.7 Å². The summed E-state index contributed by atoms with van der Waals surface area (Å²) in [5.41, 5.74) is 1.69. The fourth-order valence-electron chi connectivity index (χ4n) is 8.45. The molecule has 0 radical (unpaired) electrons. The quantitative estimate of drug-likeness (QED) is 0.0259. The number of hydrogen-bond donors (Lipinski definition) is 7. The first-order valence-corrected chi connectivity index (χ1v) is 24.3. The predicted molar refractivity (Wildman–Crippen MR) is 272 cm³/mol. The predicted octanol–water partition coefficient (Wildman–Crippen LogP) is 10.1. The molecule has 9 rings (SSSR count). The molecule has 7 aromatic rings. The molecule has 18 heteroatoms. The van der Waals surface area contributed by atoms with Gasteiger partial charge in [-0.25, -0.2) is 27.0 Å². The van der Waals surface area contributed by atoms with Crippen molar-refractivity contribution in [2.75, 3.05) is 17.8 Å². The fourth-order valence-corrected chi connectivity index (χ4v) is 9.53. The molecular weight excluding hydrogens is 961 g/mol. The number of halogens is 2. The summed E-state index contributed by atoms with van der Waals surface area (Å²) < 4.78 is 63.8. The second kappa shape index (κ2) is 20.7. The molecule has 0 unspecified atom stereocenters. The Morgan fingerprint density at radius 2 is 1.32 bits per heavy atom. The third kappa shape index (κ3) is 10.5. The lowest BCUT2D eigenvalue weighted by Crippen LogP contribution is -2.25. The number of aliphatic imine (C=N–C) groups is 1. The number of carbonyl (C=O) groups excluding carboxylic acids is 2. The Kier molecular flexibility index (Phi) is 13.8. The Morgan fingerprint density at radius 3 is 2.00 bits per heavy atom. The standard InChI is InChI=1S/C55H43F2N5O10S/c56-42-27-40-47(29-45(42)63)72-48-30-46(64)43(57)28-41(48)49(40)37-21-17-33(25-38(37)55(68)69)53(66)59-24-10-2-1-9-23-58-52(65)32-15-18-34(19-16-32)60-51(31-11-5-3-6-12-31)50-39-26-35(20-22-44(39)61-54(50)67)62-73(70,71)36-13-7-4-8-14-36/h3-8,11-22,25-30,61-63,67H,1-2,9-10,23-24H2,(H,58,65)(H,59,66)(H,68,69). The smallest absolute Gasteiger partial charge is 0.336 e. The number of hydrogen-bond acceptors (Lipinski definition) is 10. The van der Waals surface area contributed by atoms with E-state index >= 15 is 0 Å². The zero-order chi connectivity index (χ0) is 51.4. The average molecular weight is 1000 g/mol. The molecule has 0 atom stereocenters. The van der Waals surface area contributed by atoms with Crippen LogP contribution in [-0.4, -0.2) is 65.3 Å². The van der Waals surface area contributed by atoms with Crippen LogP contribution in [0.4, 0.5) is 20.2 Å². The molecule has 1 aromatic heterocycles. The molecule has 1 aliphatic heterocycles. The van der Waals surface area contributed by atoms with Crippen LogP contribution in [0.5, 0.6) is 11.6 Å². The molecule has 6 aromatic carbocycles. The Balaban J connectivity index is 0.798. The molecular formula is C55H43F2N5O10S. The third-order valence-corrected chi connectivity index (χ3v) is 13.4. The number of H-pyrrole nitrogens is 1. The van der Waals surface area contributed by atoms with Gasteiger partial charge in [-0.2, -0.15) is 0 Å². The van der Waals surface area contributed by atoms with Crippen LogP contribution in [0.3, 0.4) is 0 Å². The molecule has 7 N–H and O–H groups in total. The van der Waals surface area contributed by atoms with Gasteiger partial charge >= 0.3 is 5.97 Å². The van der Waals surface area contributed by atoms with Crippen LogP contribution in [0.2, 0.25) is 0 Å². The number of aromatic nitrogens is 1. The number of nitrogens with zero attached hydrogens (tertiary/aromatic N) is 1. The van der Waals surface area contributed by atoms with E-state index in [1.807, 2.05) is 30.3 Å². The lowest BCUT2D eigenvalue weighted by Gasteiger charge is -2.17. The number of fused-ring (bicyclic) bond motifs is 3. The molecule has 2 amide bonds. The van der Waals surface area contributed by atoms with Crippen molar-refractivity contribution in [2.45, 2.75) is 30.6 Å². The lowest BCUT2D eigenvalue weighted by molar-refractivity contribution is 0.0697. The van der Waals surface area contributed by atoms with Crippen molar-refractivity contribution in [3.05, 3.63) is 195 Å². The number of carbonyl (C=O) groups is 3. The Hall–Kier alpha value is -9.16. The number of unbranched alkanes of at least 4 members (excludes halogenated alkanes) is 3. The first-order valence-electron chi connectivity index (χ1n) is 22.8. The summed E-state index contributed by atoms with van der Waals surface area (Å²) in [5, 5.41) is 37.7. The number of phenolic OH excluding ortho intramolecular Hbond substituents is 1. The summed E-state index contributed by atoms with van der Waals surface area (Å²) in [6, 6.07) is 36.1. The van der Waals surface area contributed by atoms with Gasteiger partial charge in [-0.15, -0.1) is 0 Å². The minimum atomic E-state index is -3.90. The summed E-state index contributed by atoms with van der Waals surface area (Å²) in [4.78, 5) is 59.0. The van der Waals surface area contributed by atoms with Crippen molar-refractivity contribution in [1.29, 1.82) is 0 Å². The molecule has 73 heavy (non-hydrogen) atoms. The van der Waals surface area contributed by atoms with E-state index in [9.17, 15) is 51.7 Å². The number of aromatic amines is 1. The van der Waals surface area contributed by atoms with Crippen molar-refractivity contribution in [2.24, 2.45) is 4.99 Å². The number of aromatic carboxylic acids is 1. The molecule has 0 saturated carbocycles. The summed E-state index contributed by atoms with van der Waals surface area (Å²) >= 11 is 0. The van der Waals surface area contributed by atoms with Gasteiger partial charge in [0.05, 0.1) is 27.4 Å².